The SMILES string of the molecule is CC/C=C\C/C=C\C/C=C\C/C=C\C/C=C\C/C=C\CCCCC(=O)OCC(COC(=O)CCCCCCC/C=C\CCCCCCCCC)OC(=O)CCCCCCCCCCC/C=C\CCCCCCCCCC. The highest BCUT2D eigenvalue weighted by molar-refractivity contribution is 5.71. The predicted octanol–water partition coefficient (Wildman–Crippen LogP) is 22.0. The second-order valence-corrected chi connectivity index (χ2v) is 21.3. The van der Waals surface area contributed by atoms with E-state index < -0.39 is 6.10 Å². The molecule has 0 aromatic heterocycles. The van der Waals surface area contributed by atoms with Crippen LogP contribution in [0.4, 0.5) is 0 Å². The van der Waals surface area contributed by atoms with Gasteiger partial charge in [0.25, 0.3) is 0 Å². The molecule has 0 radical (unpaired) electrons. The van der Waals surface area contributed by atoms with Crippen LogP contribution in [-0.2, 0) is 28.6 Å². The van der Waals surface area contributed by atoms with Gasteiger partial charge in [-0.05, 0) is 122 Å². The summed E-state index contributed by atoms with van der Waals surface area (Å²) in [5.41, 5.74) is 0. The summed E-state index contributed by atoms with van der Waals surface area (Å²) < 4.78 is 16.9. The molecule has 0 spiro atoms. The van der Waals surface area contributed by atoms with Crippen molar-refractivity contribution in [1.29, 1.82) is 0 Å². The molecule has 0 N–H and O–H groups in total. The van der Waals surface area contributed by atoms with Gasteiger partial charge in [-0.25, -0.2) is 0 Å². The van der Waals surface area contributed by atoms with Crippen LogP contribution in [0.5, 0.6) is 0 Å². The molecule has 0 rings (SSSR count). The molecule has 0 bridgehead atoms. The van der Waals surface area contributed by atoms with E-state index in [9.17, 15) is 14.4 Å². The van der Waals surface area contributed by atoms with Gasteiger partial charge in [0.1, 0.15) is 13.2 Å². The van der Waals surface area contributed by atoms with Gasteiger partial charge in [0, 0.05) is 19.3 Å². The number of carbonyl (C=O) groups excluding carboxylic acids is 3. The highest BCUT2D eigenvalue weighted by atomic mass is 16.6. The lowest BCUT2D eigenvalue weighted by atomic mass is 10.1. The fourth-order valence-corrected chi connectivity index (χ4v) is 8.97. The average Bonchev–Trinajstić information content (AvgIpc) is 3.42. The van der Waals surface area contributed by atoms with Crippen LogP contribution in [0.15, 0.2) is 97.2 Å². The largest absolute Gasteiger partial charge is 0.462 e. The van der Waals surface area contributed by atoms with Gasteiger partial charge >= 0.3 is 17.9 Å². The third-order valence-electron chi connectivity index (χ3n) is 13.8. The van der Waals surface area contributed by atoms with E-state index in [1.54, 1.807) is 0 Å². The van der Waals surface area contributed by atoms with Crippen molar-refractivity contribution in [1.82, 2.24) is 0 Å². The first-order chi connectivity index (χ1) is 37.5. The van der Waals surface area contributed by atoms with E-state index in [0.717, 1.165) is 103 Å². The summed E-state index contributed by atoms with van der Waals surface area (Å²) in [7, 11) is 0. The summed E-state index contributed by atoms with van der Waals surface area (Å²) in [6.07, 6.45) is 85.5. The van der Waals surface area contributed by atoms with Gasteiger partial charge in [-0.2, -0.15) is 0 Å². The van der Waals surface area contributed by atoms with E-state index in [2.05, 4.69) is 118 Å². The van der Waals surface area contributed by atoms with Crippen molar-refractivity contribution in [3.05, 3.63) is 97.2 Å². The molecular weight excluding hydrogens is 937 g/mol. The Balaban J connectivity index is 4.46. The maximum Gasteiger partial charge on any atom is 0.306 e. The Morgan fingerprint density at radius 3 is 0.842 bits per heavy atom. The maximum absolute atomic E-state index is 12.9. The van der Waals surface area contributed by atoms with E-state index in [1.807, 2.05) is 0 Å². The molecule has 0 saturated heterocycles. The molecular formula is C70H120O6. The minimum absolute atomic E-state index is 0.0959. The number of hydrogen-bond acceptors (Lipinski definition) is 6. The summed E-state index contributed by atoms with van der Waals surface area (Å²) in [4.78, 5) is 38.3. The van der Waals surface area contributed by atoms with Gasteiger partial charge in [-0.15, -0.1) is 0 Å². The van der Waals surface area contributed by atoms with Crippen LogP contribution in [0, 0.1) is 0 Å². The molecule has 0 fully saturated rings. The summed E-state index contributed by atoms with van der Waals surface area (Å²) in [6.45, 7) is 6.51. The number of unbranched alkanes of at least 4 members (excludes halogenated alkanes) is 31. The van der Waals surface area contributed by atoms with Crippen molar-refractivity contribution >= 4 is 17.9 Å². The van der Waals surface area contributed by atoms with Gasteiger partial charge in [-0.1, -0.05) is 266 Å². The van der Waals surface area contributed by atoms with Crippen LogP contribution >= 0.6 is 0 Å². The standard InChI is InChI=1S/C70H120O6/c1-4-7-10-13-16-19-22-25-28-31-33-35-37-39-42-45-48-51-54-57-60-63-69(72)75-66-67(65-74-68(71)62-59-56-53-50-47-44-41-30-27-24-21-18-15-12-9-6-3)76-70(73)64-61-58-55-52-49-46-43-40-38-36-34-32-29-26-23-20-17-14-11-8-5-2/h7,10,16,19,25,28,30,32-35,39,41-42,48,51,67H,4-6,8-9,11-15,17-18,20-24,26-27,29,31,36-38,40,43-47,49-50,52-66H2,1-3H3/b10-7-,19-16-,28-25-,34-32-,35-33-,41-30-,42-39-,51-48-. The third kappa shape index (κ3) is 61.2. The summed E-state index contributed by atoms with van der Waals surface area (Å²) >= 11 is 0. The summed E-state index contributed by atoms with van der Waals surface area (Å²) in [6, 6.07) is 0. The van der Waals surface area contributed by atoms with Gasteiger partial charge in [0.05, 0.1) is 0 Å². The van der Waals surface area contributed by atoms with E-state index in [1.165, 1.54) is 167 Å². The van der Waals surface area contributed by atoms with Gasteiger partial charge in [0.2, 0.25) is 0 Å². The lowest BCUT2D eigenvalue weighted by Gasteiger charge is -2.18. The molecule has 0 amide bonds. The van der Waals surface area contributed by atoms with Crippen LogP contribution < -0.4 is 0 Å². The molecule has 6 heteroatoms. The molecule has 6 nitrogen and oxygen atoms in total. The van der Waals surface area contributed by atoms with Crippen molar-refractivity contribution in [2.24, 2.45) is 0 Å². The Morgan fingerprint density at radius 2 is 0.513 bits per heavy atom. The second kappa shape index (κ2) is 63.9. The zero-order chi connectivity index (χ0) is 55.0. The zero-order valence-corrected chi connectivity index (χ0v) is 50.0. The molecule has 0 aliphatic rings. The van der Waals surface area contributed by atoms with Gasteiger partial charge in [-0.3, -0.25) is 14.4 Å². The smallest absolute Gasteiger partial charge is 0.306 e. The topological polar surface area (TPSA) is 78.9 Å². The maximum atomic E-state index is 12.9. The van der Waals surface area contributed by atoms with Crippen molar-refractivity contribution in [3.63, 3.8) is 0 Å². The average molecular weight is 1060 g/mol. The predicted molar refractivity (Wildman–Crippen MR) is 330 cm³/mol. The molecule has 0 aliphatic heterocycles. The lowest BCUT2D eigenvalue weighted by Crippen LogP contribution is -2.30. The molecule has 436 valence electrons. The normalized spacial score (nSPS) is 12.7. The number of esters is 3. The van der Waals surface area contributed by atoms with Crippen LogP contribution in [0.2, 0.25) is 0 Å². The number of ether oxygens (including phenoxy) is 3. The first-order valence-electron chi connectivity index (χ1n) is 32.2. The van der Waals surface area contributed by atoms with Crippen LogP contribution in [0.1, 0.15) is 310 Å². The zero-order valence-electron chi connectivity index (χ0n) is 50.0. The second-order valence-electron chi connectivity index (χ2n) is 21.3. The Hall–Kier alpha value is -3.67. The highest BCUT2D eigenvalue weighted by Crippen LogP contribution is 2.16. The molecule has 1 atom stereocenters. The van der Waals surface area contributed by atoms with Gasteiger partial charge < -0.3 is 14.2 Å². The number of allylic oxidation sites excluding steroid dienone is 16. The lowest BCUT2D eigenvalue weighted by molar-refractivity contribution is -0.167. The Kier molecular flexibility index (Phi) is 60.8. The van der Waals surface area contributed by atoms with Crippen LogP contribution in [-0.4, -0.2) is 37.2 Å². The molecule has 0 heterocycles. The Labute approximate surface area is 470 Å². The van der Waals surface area contributed by atoms with E-state index >= 15 is 0 Å². The molecule has 1 unspecified atom stereocenters. The summed E-state index contributed by atoms with van der Waals surface area (Å²) in [5, 5.41) is 0. The van der Waals surface area contributed by atoms with Gasteiger partial charge in [0.15, 0.2) is 6.10 Å². The highest BCUT2D eigenvalue weighted by Gasteiger charge is 2.19. The quantitative estimate of drug-likeness (QED) is 0.0261. The van der Waals surface area contributed by atoms with Crippen molar-refractivity contribution < 1.29 is 28.6 Å². The third-order valence-corrected chi connectivity index (χ3v) is 13.8. The molecule has 76 heavy (non-hydrogen) atoms. The van der Waals surface area contributed by atoms with Crippen LogP contribution in [0.25, 0.3) is 0 Å². The Bertz CT molecular complexity index is 1490. The molecule has 0 saturated carbocycles. The molecule has 0 aliphatic carbocycles. The number of carbonyl (C=O) groups is 3. The first kappa shape index (κ1) is 72.3. The van der Waals surface area contributed by atoms with Crippen molar-refractivity contribution in [3.8, 4) is 0 Å². The van der Waals surface area contributed by atoms with E-state index in [-0.39, 0.29) is 31.1 Å². The minimum Gasteiger partial charge on any atom is -0.462 e. The van der Waals surface area contributed by atoms with Crippen molar-refractivity contribution in [2.75, 3.05) is 13.2 Å². The number of rotatable bonds is 58. The molecule has 0 aromatic rings. The summed E-state index contributed by atoms with van der Waals surface area (Å²) in [5.74, 6) is -0.941. The van der Waals surface area contributed by atoms with E-state index in [4.69, 9.17) is 14.2 Å². The Morgan fingerprint density at radius 1 is 0.276 bits per heavy atom. The fraction of sp³-hybridized carbons (Fsp3) is 0.729. The van der Waals surface area contributed by atoms with Crippen LogP contribution in [0.3, 0.4) is 0 Å². The van der Waals surface area contributed by atoms with Crippen molar-refractivity contribution in [2.45, 2.75) is 316 Å². The monoisotopic (exact) mass is 1060 g/mol. The molecule has 0 aromatic carbocycles. The first-order valence-corrected chi connectivity index (χ1v) is 32.2. The van der Waals surface area contributed by atoms with E-state index in [0.29, 0.717) is 19.3 Å². The minimum atomic E-state index is -0.802. The number of hydrogen-bond donors (Lipinski definition) is 0. The fourth-order valence-electron chi connectivity index (χ4n) is 8.97.